The molecule has 0 saturated carbocycles. The zero-order chi connectivity index (χ0) is 9.68. The fraction of sp³-hybridized carbons (Fsp3) is 0.333. The van der Waals surface area contributed by atoms with Crippen molar-refractivity contribution in [2.24, 2.45) is 5.73 Å². The van der Waals surface area contributed by atoms with E-state index >= 15 is 0 Å². The molecule has 0 aliphatic carbocycles. The van der Waals surface area contributed by atoms with Crippen LogP contribution in [0.2, 0.25) is 0 Å². The molecule has 0 spiro atoms. The number of nitrogens with one attached hydrogen (secondary N) is 1. The van der Waals surface area contributed by atoms with E-state index in [9.17, 15) is 4.79 Å². The second kappa shape index (κ2) is 4.57. The van der Waals surface area contributed by atoms with Gasteiger partial charge in [0.2, 0.25) is 0 Å². The highest BCUT2D eigenvalue weighted by molar-refractivity contribution is 5.92. The van der Waals surface area contributed by atoms with Gasteiger partial charge in [0.15, 0.2) is 0 Å². The highest BCUT2D eigenvalue weighted by Crippen LogP contribution is 1.98. The molecule has 0 fully saturated rings. The molecule has 1 rings (SSSR count). The van der Waals surface area contributed by atoms with Crippen molar-refractivity contribution >= 4 is 5.91 Å². The molecular weight excluding hydrogens is 166 g/mol. The van der Waals surface area contributed by atoms with Gasteiger partial charge in [0.1, 0.15) is 5.69 Å². The van der Waals surface area contributed by atoms with E-state index in [0.29, 0.717) is 18.8 Å². The number of aromatic nitrogens is 1. The first-order chi connectivity index (χ1) is 6.27. The Morgan fingerprint density at radius 1 is 1.62 bits per heavy atom. The van der Waals surface area contributed by atoms with E-state index in [0.717, 1.165) is 5.56 Å². The molecule has 0 atom stereocenters. The third kappa shape index (κ3) is 2.52. The average molecular weight is 179 g/mol. The largest absolute Gasteiger partial charge is 0.351 e. The monoisotopic (exact) mass is 179 g/mol. The van der Waals surface area contributed by atoms with Crippen LogP contribution in [0, 0.1) is 0 Å². The molecule has 0 bridgehead atoms. The number of pyridine rings is 1. The first-order valence-corrected chi connectivity index (χ1v) is 4.21. The molecule has 0 aliphatic heterocycles. The summed E-state index contributed by atoms with van der Waals surface area (Å²) in [6.45, 7) is 2.92. The number of nitrogens with two attached hydrogens (primary N) is 1. The summed E-state index contributed by atoms with van der Waals surface area (Å²) in [6, 6.07) is 3.48. The Morgan fingerprint density at radius 2 is 2.38 bits per heavy atom. The molecule has 1 heterocycles. The molecule has 0 saturated heterocycles. The second-order valence-corrected chi connectivity index (χ2v) is 2.62. The first-order valence-electron chi connectivity index (χ1n) is 4.21. The van der Waals surface area contributed by atoms with Crippen molar-refractivity contribution in [2.75, 3.05) is 6.54 Å². The van der Waals surface area contributed by atoms with Crippen LogP contribution in [0.5, 0.6) is 0 Å². The molecule has 0 aliphatic rings. The summed E-state index contributed by atoms with van der Waals surface area (Å²) in [6.07, 6.45) is 1.62. The predicted molar refractivity (Wildman–Crippen MR) is 50.1 cm³/mol. The van der Waals surface area contributed by atoms with Gasteiger partial charge in [0.05, 0.1) is 0 Å². The lowest BCUT2D eigenvalue weighted by Crippen LogP contribution is -2.23. The van der Waals surface area contributed by atoms with Gasteiger partial charge in [-0.15, -0.1) is 0 Å². The van der Waals surface area contributed by atoms with Crippen LogP contribution in [0.4, 0.5) is 0 Å². The second-order valence-electron chi connectivity index (χ2n) is 2.62. The molecular formula is C9H13N3O. The summed E-state index contributed by atoms with van der Waals surface area (Å²) in [5.41, 5.74) is 6.75. The summed E-state index contributed by atoms with van der Waals surface area (Å²) in [7, 11) is 0. The number of amides is 1. The molecule has 0 aromatic carbocycles. The Kier molecular flexibility index (Phi) is 3.40. The lowest BCUT2D eigenvalue weighted by atomic mass is 10.2. The highest BCUT2D eigenvalue weighted by atomic mass is 16.1. The number of rotatable bonds is 3. The molecule has 13 heavy (non-hydrogen) atoms. The Labute approximate surface area is 77.2 Å². The third-order valence-electron chi connectivity index (χ3n) is 1.63. The quantitative estimate of drug-likeness (QED) is 0.700. The van der Waals surface area contributed by atoms with Crippen LogP contribution in [0.1, 0.15) is 23.0 Å². The minimum Gasteiger partial charge on any atom is -0.351 e. The standard InChI is InChI=1S/C9H13N3O/c1-2-11-9(13)8-4-3-7(5-10)6-12-8/h3-4,6H,2,5,10H2,1H3,(H,11,13). The summed E-state index contributed by atoms with van der Waals surface area (Å²) in [4.78, 5) is 15.2. The molecule has 70 valence electrons. The normalized spacial score (nSPS) is 9.69. The van der Waals surface area contributed by atoms with Gasteiger partial charge in [-0.05, 0) is 18.6 Å². The van der Waals surface area contributed by atoms with E-state index in [1.165, 1.54) is 0 Å². The fourth-order valence-corrected chi connectivity index (χ4v) is 0.931. The van der Waals surface area contributed by atoms with Crippen molar-refractivity contribution in [3.05, 3.63) is 29.6 Å². The van der Waals surface area contributed by atoms with E-state index in [2.05, 4.69) is 10.3 Å². The molecule has 1 aromatic heterocycles. The SMILES string of the molecule is CCNC(=O)c1ccc(CN)cn1. The Hall–Kier alpha value is -1.42. The van der Waals surface area contributed by atoms with Gasteiger partial charge in [-0.3, -0.25) is 9.78 Å². The number of hydrogen-bond donors (Lipinski definition) is 2. The lowest BCUT2D eigenvalue weighted by molar-refractivity contribution is 0.0951. The van der Waals surface area contributed by atoms with Crippen molar-refractivity contribution in [1.29, 1.82) is 0 Å². The first kappa shape index (κ1) is 9.67. The van der Waals surface area contributed by atoms with Crippen molar-refractivity contribution in [3.63, 3.8) is 0 Å². The van der Waals surface area contributed by atoms with Crippen molar-refractivity contribution in [1.82, 2.24) is 10.3 Å². The van der Waals surface area contributed by atoms with E-state index in [1.54, 1.807) is 18.3 Å². The van der Waals surface area contributed by atoms with Crippen LogP contribution in [-0.4, -0.2) is 17.4 Å². The van der Waals surface area contributed by atoms with Gasteiger partial charge in [-0.25, -0.2) is 0 Å². The summed E-state index contributed by atoms with van der Waals surface area (Å²) < 4.78 is 0. The molecule has 0 unspecified atom stereocenters. The zero-order valence-corrected chi connectivity index (χ0v) is 7.58. The number of nitrogens with zero attached hydrogens (tertiary/aromatic N) is 1. The van der Waals surface area contributed by atoms with Gasteiger partial charge in [0.25, 0.3) is 5.91 Å². The van der Waals surface area contributed by atoms with Gasteiger partial charge in [-0.2, -0.15) is 0 Å². The number of carbonyl (C=O) groups excluding carboxylic acids is 1. The van der Waals surface area contributed by atoms with E-state index in [-0.39, 0.29) is 5.91 Å². The van der Waals surface area contributed by atoms with Crippen molar-refractivity contribution < 1.29 is 4.79 Å². The van der Waals surface area contributed by atoms with Crippen LogP contribution < -0.4 is 11.1 Å². The van der Waals surface area contributed by atoms with E-state index in [4.69, 9.17) is 5.73 Å². The average Bonchev–Trinajstić information content (AvgIpc) is 2.18. The van der Waals surface area contributed by atoms with Crippen LogP contribution in [0.25, 0.3) is 0 Å². The van der Waals surface area contributed by atoms with Gasteiger partial charge < -0.3 is 11.1 Å². The maximum Gasteiger partial charge on any atom is 0.269 e. The number of carbonyl (C=O) groups is 1. The predicted octanol–water partition coefficient (Wildman–Crippen LogP) is 0.290. The highest BCUT2D eigenvalue weighted by Gasteiger charge is 2.03. The molecule has 4 heteroatoms. The Bertz CT molecular complexity index is 281. The van der Waals surface area contributed by atoms with Gasteiger partial charge >= 0.3 is 0 Å². The van der Waals surface area contributed by atoms with E-state index < -0.39 is 0 Å². The minimum absolute atomic E-state index is 0.147. The molecule has 3 N–H and O–H groups in total. The van der Waals surface area contributed by atoms with Gasteiger partial charge in [0, 0.05) is 19.3 Å². The Morgan fingerprint density at radius 3 is 2.85 bits per heavy atom. The van der Waals surface area contributed by atoms with Gasteiger partial charge in [-0.1, -0.05) is 6.07 Å². The molecule has 0 radical (unpaired) electrons. The van der Waals surface area contributed by atoms with Crippen LogP contribution in [0.15, 0.2) is 18.3 Å². The maximum absolute atomic E-state index is 11.2. The summed E-state index contributed by atoms with van der Waals surface area (Å²) >= 11 is 0. The van der Waals surface area contributed by atoms with E-state index in [1.807, 2.05) is 6.92 Å². The molecule has 1 amide bonds. The van der Waals surface area contributed by atoms with Crippen molar-refractivity contribution in [3.8, 4) is 0 Å². The van der Waals surface area contributed by atoms with Crippen LogP contribution in [-0.2, 0) is 6.54 Å². The molecule has 4 nitrogen and oxygen atoms in total. The minimum atomic E-state index is -0.147. The topological polar surface area (TPSA) is 68.0 Å². The summed E-state index contributed by atoms with van der Waals surface area (Å²) in [5, 5.41) is 2.67. The third-order valence-corrected chi connectivity index (χ3v) is 1.63. The van der Waals surface area contributed by atoms with Crippen LogP contribution in [0.3, 0.4) is 0 Å². The summed E-state index contributed by atoms with van der Waals surface area (Å²) in [5.74, 6) is -0.147. The molecule has 1 aromatic rings. The fourth-order valence-electron chi connectivity index (χ4n) is 0.931. The number of hydrogen-bond acceptors (Lipinski definition) is 3. The van der Waals surface area contributed by atoms with Crippen molar-refractivity contribution in [2.45, 2.75) is 13.5 Å². The lowest BCUT2D eigenvalue weighted by Gasteiger charge is -2.01. The zero-order valence-electron chi connectivity index (χ0n) is 7.58. The van der Waals surface area contributed by atoms with Crippen LogP contribution >= 0.6 is 0 Å². The Balaban J connectivity index is 2.74. The smallest absolute Gasteiger partial charge is 0.269 e. The maximum atomic E-state index is 11.2.